The van der Waals surface area contributed by atoms with Crippen LogP contribution < -0.4 is 10.2 Å². The fraction of sp³-hybridized carbons (Fsp3) is 0.238. The molecular weight excluding hydrogens is 364 g/mol. The molecule has 5 nitrogen and oxygen atoms in total. The normalized spacial score (nSPS) is 12.6. The molecule has 2 aromatic carbocycles. The van der Waals surface area contributed by atoms with Gasteiger partial charge in [0.25, 0.3) is 5.91 Å². The molecule has 2 aromatic rings. The average molecular weight is 385 g/mol. The van der Waals surface area contributed by atoms with Crippen LogP contribution in [0.25, 0.3) is 12.2 Å². The lowest BCUT2D eigenvalue weighted by atomic mass is 9.98. The quantitative estimate of drug-likeness (QED) is 0.816. The molecule has 0 fully saturated rings. The van der Waals surface area contributed by atoms with E-state index in [4.69, 9.17) is 16.3 Å². The highest BCUT2D eigenvalue weighted by Gasteiger charge is 2.19. The van der Waals surface area contributed by atoms with Gasteiger partial charge in [0.2, 0.25) is 5.91 Å². The Kier molecular flexibility index (Phi) is 5.94. The Hall–Kier alpha value is -2.63. The maximum absolute atomic E-state index is 12.3. The van der Waals surface area contributed by atoms with Crippen molar-refractivity contribution in [1.29, 1.82) is 0 Å². The van der Waals surface area contributed by atoms with E-state index in [9.17, 15) is 9.59 Å². The van der Waals surface area contributed by atoms with E-state index in [1.54, 1.807) is 31.1 Å². The maximum Gasteiger partial charge on any atom is 0.251 e. The molecule has 0 saturated heterocycles. The predicted molar refractivity (Wildman–Crippen MR) is 108 cm³/mol. The molecule has 6 heteroatoms. The number of nitrogens with one attached hydrogen (secondary N) is 1. The summed E-state index contributed by atoms with van der Waals surface area (Å²) in [4.78, 5) is 26.3. The molecule has 1 heterocycles. The Morgan fingerprint density at radius 1 is 1.15 bits per heavy atom. The van der Waals surface area contributed by atoms with Crippen LogP contribution >= 0.6 is 11.6 Å². The highest BCUT2D eigenvalue weighted by atomic mass is 35.5. The van der Waals surface area contributed by atoms with Gasteiger partial charge in [0.1, 0.15) is 0 Å². The van der Waals surface area contributed by atoms with E-state index in [-0.39, 0.29) is 11.8 Å². The number of nitrogens with zero attached hydrogens (tertiary/aromatic N) is 1. The molecule has 0 unspecified atom stereocenters. The lowest BCUT2D eigenvalue weighted by Crippen LogP contribution is -2.29. The number of rotatable bonds is 4. The third-order valence-electron chi connectivity index (χ3n) is 4.43. The van der Waals surface area contributed by atoms with Gasteiger partial charge < -0.3 is 15.0 Å². The van der Waals surface area contributed by atoms with Crippen molar-refractivity contribution in [2.75, 3.05) is 25.2 Å². The van der Waals surface area contributed by atoms with Crippen molar-refractivity contribution in [3.8, 4) is 0 Å². The molecule has 140 valence electrons. The molecule has 27 heavy (non-hydrogen) atoms. The number of anilines is 1. The molecule has 0 saturated carbocycles. The summed E-state index contributed by atoms with van der Waals surface area (Å²) in [7, 11) is 1.59. The molecule has 0 bridgehead atoms. The number of benzene rings is 2. The smallest absolute Gasteiger partial charge is 0.251 e. The SMILES string of the molecule is COCCNC(=O)c1ccc2c(c1)C=Cc1cc(Cl)ccc1N(C(C)=O)C2. The van der Waals surface area contributed by atoms with E-state index in [1.807, 2.05) is 36.4 Å². The van der Waals surface area contributed by atoms with Gasteiger partial charge in [-0.3, -0.25) is 9.59 Å². The Bertz CT molecular complexity index is 908. The molecule has 0 atom stereocenters. The minimum Gasteiger partial charge on any atom is -0.383 e. The zero-order valence-corrected chi connectivity index (χ0v) is 16.0. The van der Waals surface area contributed by atoms with Gasteiger partial charge >= 0.3 is 0 Å². The topological polar surface area (TPSA) is 58.6 Å². The Balaban J connectivity index is 1.98. The number of carbonyl (C=O) groups excluding carboxylic acids is 2. The average Bonchev–Trinajstić information content (AvgIpc) is 2.63. The molecule has 1 aliphatic rings. The largest absolute Gasteiger partial charge is 0.383 e. The van der Waals surface area contributed by atoms with Gasteiger partial charge in [-0.05, 0) is 47.0 Å². The number of hydrogen-bond donors (Lipinski definition) is 1. The number of fused-ring (bicyclic) bond motifs is 2. The van der Waals surface area contributed by atoms with Crippen molar-refractivity contribution < 1.29 is 14.3 Å². The maximum atomic E-state index is 12.3. The summed E-state index contributed by atoms with van der Waals surface area (Å²) in [6.07, 6.45) is 3.87. The molecule has 0 spiro atoms. The standard InChI is InChI=1S/C21H21ClN2O3/c1-14(25)24-13-18-6-5-17(21(26)23-9-10-27-2)11-15(18)3-4-16-12-19(22)7-8-20(16)24/h3-8,11-12H,9-10,13H2,1-2H3,(H,23,26). The fourth-order valence-electron chi connectivity index (χ4n) is 3.02. The van der Waals surface area contributed by atoms with Gasteiger partial charge in [-0.25, -0.2) is 0 Å². The third-order valence-corrected chi connectivity index (χ3v) is 4.67. The summed E-state index contributed by atoms with van der Waals surface area (Å²) < 4.78 is 4.95. The van der Waals surface area contributed by atoms with Crippen LogP contribution in [0, 0.1) is 0 Å². The second-order valence-electron chi connectivity index (χ2n) is 6.30. The Morgan fingerprint density at radius 2 is 1.93 bits per heavy atom. The fourth-order valence-corrected chi connectivity index (χ4v) is 3.21. The van der Waals surface area contributed by atoms with Crippen LogP contribution in [-0.2, 0) is 16.1 Å². The first kappa shape index (κ1) is 19.1. The van der Waals surface area contributed by atoms with Crippen molar-refractivity contribution in [3.05, 3.63) is 63.7 Å². The van der Waals surface area contributed by atoms with Crippen LogP contribution in [0.1, 0.15) is 34.0 Å². The lowest BCUT2D eigenvalue weighted by molar-refractivity contribution is -0.116. The van der Waals surface area contributed by atoms with Crippen molar-refractivity contribution >= 4 is 41.3 Å². The van der Waals surface area contributed by atoms with Crippen LogP contribution in [0.15, 0.2) is 36.4 Å². The van der Waals surface area contributed by atoms with Crippen LogP contribution in [0.5, 0.6) is 0 Å². The van der Waals surface area contributed by atoms with Crippen molar-refractivity contribution in [1.82, 2.24) is 5.32 Å². The second kappa shape index (κ2) is 8.37. The minimum atomic E-state index is -0.155. The van der Waals surface area contributed by atoms with Gasteiger partial charge in [0.05, 0.1) is 18.8 Å². The molecule has 2 amide bonds. The summed E-state index contributed by atoms with van der Waals surface area (Å²) in [5, 5.41) is 3.42. The molecule has 1 aliphatic heterocycles. The molecule has 0 aromatic heterocycles. The number of ether oxygens (including phenoxy) is 1. The zero-order chi connectivity index (χ0) is 19.4. The van der Waals surface area contributed by atoms with Crippen molar-refractivity contribution in [2.45, 2.75) is 13.5 Å². The van der Waals surface area contributed by atoms with Crippen LogP contribution in [0.4, 0.5) is 5.69 Å². The zero-order valence-electron chi connectivity index (χ0n) is 15.3. The number of amides is 2. The number of hydrogen-bond acceptors (Lipinski definition) is 3. The molecule has 1 N–H and O–H groups in total. The van der Waals surface area contributed by atoms with Gasteiger partial charge in [-0.2, -0.15) is 0 Å². The number of methoxy groups -OCH3 is 1. The van der Waals surface area contributed by atoms with Crippen molar-refractivity contribution in [2.24, 2.45) is 0 Å². The van der Waals surface area contributed by atoms with Crippen LogP contribution in [-0.4, -0.2) is 32.1 Å². The third kappa shape index (κ3) is 4.38. The van der Waals surface area contributed by atoms with E-state index in [1.165, 1.54) is 0 Å². The summed E-state index contributed by atoms with van der Waals surface area (Å²) in [6, 6.07) is 11.0. The minimum absolute atomic E-state index is 0.0544. The molecule has 3 rings (SSSR count). The molecule has 0 radical (unpaired) electrons. The van der Waals surface area contributed by atoms with Gasteiger partial charge in [0.15, 0.2) is 0 Å². The van der Waals surface area contributed by atoms with E-state index in [0.717, 1.165) is 22.4 Å². The molecule has 0 aliphatic carbocycles. The highest BCUT2D eigenvalue weighted by molar-refractivity contribution is 6.30. The van der Waals surface area contributed by atoms with Crippen LogP contribution in [0.3, 0.4) is 0 Å². The summed E-state index contributed by atoms with van der Waals surface area (Å²) in [6.45, 7) is 2.88. The Morgan fingerprint density at radius 3 is 2.67 bits per heavy atom. The van der Waals surface area contributed by atoms with Gasteiger partial charge in [-0.1, -0.05) is 29.8 Å². The first-order chi connectivity index (χ1) is 13.0. The second-order valence-corrected chi connectivity index (χ2v) is 6.74. The first-order valence-electron chi connectivity index (χ1n) is 8.65. The monoisotopic (exact) mass is 384 g/mol. The van der Waals surface area contributed by atoms with E-state index in [0.29, 0.717) is 30.3 Å². The molecular formula is C21H21ClN2O3. The predicted octanol–water partition coefficient (Wildman–Crippen LogP) is 3.75. The van der Waals surface area contributed by atoms with Crippen molar-refractivity contribution in [3.63, 3.8) is 0 Å². The number of carbonyl (C=O) groups is 2. The highest BCUT2D eigenvalue weighted by Crippen LogP contribution is 2.31. The van der Waals surface area contributed by atoms with E-state index < -0.39 is 0 Å². The van der Waals surface area contributed by atoms with Gasteiger partial charge in [0, 0.05) is 31.2 Å². The first-order valence-corrected chi connectivity index (χ1v) is 9.03. The van der Waals surface area contributed by atoms with E-state index >= 15 is 0 Å². The summed E-state index contributed by atoms with van der Waals surface area (Å²) >= 11 is 6.12. The Labute approximate surface area is 163 Å². The summed E-state index contributed by atoms with van der Waals surface area (Å²) in [5.74, 6) is -0.210. The van der Waals surface area contributed by atoms with Gasteiger partial charge in [-0.15, -0.1) is 0 Å². The van der Waals surface area contributed by atoms with Crippen LogP contribution in [0.2, 0.25) is 5.02 Å². The van der Waals surface area contributed by atoms with E-state index in [2.05, 4.69) is 5.32 Å². The lowest BCUT2D eigenvalue weighted by Gasteiger charge is -2.26. The number of halogens is 1. The summed E-state index contributed by atoms with van der Waals surface area (Å²) in [5.41, 5.74) is 4.10.